The van der Waals surface area contributed by atoms with E-state index in [-0.39, 0.29) is 29.2 Å². The second-order valence-electron chi connectivity index (χ2n) is 7.01. The van der Waals surface area contributed by atoms with E-state index in [1.54, 1.807) is 13.0 Å². The van der Waals surface area contributed by atoms with Crippen LogP contribution in [0, 0.1) is 0 Å². The van der Waals surface area contributed by atoms with Gasteiger partial charge in [-0.25, -0.2) is 14.4 Å². The van der Waals surface area contributed by atoms with E-state index in [1.165, 1.54) is 23.2 Å². The van der Waals surface area contributed by atoms with E-state index in [1.807, 2.05) is 0 Å². The Kier molecular flexibility index (Phi) is 3.76. The number of halogens is 2. The van der Waals surface area contributed by atoms with Crippen LogP contribution >= 0.6 is 11.6 Å². The van der Waals surface area contributed by atoms with Crippen LogP contribution in [0.15, 0.2) is 29.5 Å². The van der Waals surface area contributed by atoms with Crippen LogP contribution in [0.25, 0.3) is 0 Å². The molecule has 1 spiro atoms. The first-order chi connectivity index (χ1) is 12.3. The minimum Gasteiger partial charge on any atom is -0.336 e. The Labute approximate surface area is 153 Å². The zero-order chi connectivity index (χ0) is 18.5. The first kappa shape index (κ1) is 17.0. The molecule has 1 aliphatic carbocycles. The van der Waals surface area contributed by atoms with Crippen molar-refractivity contribution in [3.05, 3.63) is 45.7 Å². The molecule has 1 amide bonds. The molecule has 0 bridgehead atoms. The lowest BCUT2D eigenvalue weighted by molar-refractivity contribution is 0.0443. The van der Waals surface area contributed by atoms with E-state index in [2.05, 4.69) is 20.6 Å². The molecule has 1 fully saturated rings. The summed E-state index contributed by atoms with van der Waals surface area (Å²) in [5.41, 5.74) is -2.33. The molecular weight excluding hydrogens is 361 g/mol. The van der Waals surface area contributed by atoms with Crippen LogP contribution in [0.5, 0.6) is 0 Å². The molecule has 0 radical (unpaired) electrons. The third-order valence-corrected chi connectivity index (χ3v) is 5.40. The van der Waals surface area contributed by atoms with Crippen molar-refractivity contribution in [3.8, 4) is 0 Å². The topological polar surface area (TPSA) is 88.9 Å². The van der Waals surface area contributed by atoms with Crippen molar-refractivity contribution in [2.45, 2.75) is 43.9 Å². The predicted molar refractivity (Wildman–Crippen MR) is 94.4 cm³/mol. The van der Waals surface area contributed by atoms with Crippen molar-refractivity contribution in [1.29, 1.82) is 0 Å². The van der Waals surface area contributed by atoms with Gasteiger partial charge in [0.15, 0.2) is 0 Å². The molecule has 4 rings (SSSR count). The fraction of sp³-hybridized carbons (Fsp3) is 0.412. The Morgan fingerprint density at radius 1 is 1.31 bits per heavy atom. The van der Waals surface area contributed by atoms with Gasteiger partial charge < -0.3 is 10.6 Å². The van der Waals surface area contributed by atoms with Crippen molar-refractivity contribution >= 4 is 29.0 Å². The maximum absolute atomic E-state index is 14.3. The Hall–Kier alpha value is -2.48. The molecule has 0 atom stereocenters. The summed E-state index contributed by atoms with van der Waals surface area (Å²) >= 11 is 6.30. The molecule has 9 heteroatoms. The van der Waals surface area contributed by atoms with E-state index in [0.717, 1.165) is 0 Å². The van der Waals surface area contributed by atoms with Gasteiger partial charge in [0.1, 0.15) is 34.9 Å². The molecular formula is C17H17ClFN5O2. The number of rotatable bonds is 2. The van der Waals surface area contributed by atoms with Crippen LogP contribution in [0.3, 0.4) is 0 Å². The summed E-state index contributed by atoms with van der Waals surface area (Å²) in [6.45, 7) is 1.54. The SMILES string of the molecule is CC1(F)CCC2(CC1)NC(=O)c1c(Cl)cc(Nc3ccncn3)c(=O)n12. The molecule has 2 aromatic heterocycles. The van der Waals surface area contributed by atoms with Crippen molar-refractivity contribution in [2.75, 3.05) is 5.32 Å². The molecule has 26 heavy (non-hydrogen) atoms. The van der Waals surface area contributed by atoms with Crippen molar-refractivity contribution in [3.63, 3.8) is 0 Å². The lowest BCUT2D eigenvalue weighted by Crippen LogP contribution is -2.51. The van der Waals surface area contributed by atoms with Crippen LogP contribution in [0.2, 0.25) is 5.02 Å². The lowest BCUT2D eigenvalue weighted by Gasteiger charge is -2.40. The molecule has 0 unspecified atom stereocenters. The number of fused-ring (bicyclic) bond motifs is 2. The molecule has 1 saturated carbocycles. The van der Waals surface area contributed by atoms with Gasteiger partial charge in [-0.1, -0.05) is 11.6 Å². The molecule has 136 valence electrons. The maximum atomic E-state index is 14.3. The second-order valence-corrected chi connectivity index (χ2v) is 7.42. The number of hydrogen-bond donors (Lipinski definition) is 2. The Morgan fingerprint density at radius 3 is 2.69 bits per heavy atom. The number of nitrogens with zero attached hydrogens (tertiary/aromatic N) is 3. The first-order valence-corrected chi connectivity index (χ1v) is 8.70. The highest BCUT2D eigenvalue weighted by molar-refractivity contribution is 6.34. The summed E-state index contributed by atoms with van der Waals surface area (Å²) in [7, 11) is 0. The van der Waals surface area contributed by atoms with Crippen LogP contribution in [0.1, 0.15) is 43.1 Å². The highest BCUT2D eigenvalue weighted by Gasteiger charge is 2.49. The summed E-state index contributed by atoms with van der Waals surface area (Å²) in [6, 6.07) is 3.03. The summed E-state index contributed by atoms with van der Waals surface area (Å²) in [6.07, 6.45) is 4.04. The zero-order valence-electron chi connectivity index (χ0n) is 14.1. The van der Waals surface area contributed by atoms with E-state index in [4.69, 9.17) is 11.6 Å². The largest absolute Gasteiger partial charge is 0.336 e. The van der Waals surface area contributed by atoms with Crippen LogP contribution < -0.4 is 16.2 Å². The second kappa shape index (κ2) is 5.77. The molecule has 0 aromatic carbocycles. The molecule has 0 saturated heterocycles. The summed E-state index contributed by atoms with van der Waals surface area (Å²) in [5.74, 6) is 0.0168. The van der Waals surface area contributed by atoms with E-state index < -0.39 is 22.8 Å². The lowest BCUT2D eigenvalue weighted by atomic mass is 9.81. The van der Waals surface area contributed by atoms with E-state index in [9.17, 15) is 14.0 Å². The van der Waals surface area contributed by atoms with E-state index in [0.29, 0.717) is 18.7 Å². The van der Waals surface area contributed by atoms with Gasteiger partial charge in [0.2, 0.25) is 0 Å². The Morgan fingerprint density at radius 2 is 2.04 bits per heavy atom. The van der Waals surface area contributed by atoms with Gasteiger partial charge in [0.05, 0.1) is 5.02 Å². The molecule has 3 heterocycles. The van der Waals surface area contributed by atoms with E-state index >= 15 is 0 Å². The monoisotopic (exact) mass is 377 g/mol. The molecule has 1 aliphatic heterocycles. The van der Waals surface area contributed by atoms with Gasteiger partial charge in [-0.15, -0.1) is 0 Å². The fourth-order valence-electron chi connectivity index (χ4n) is 3.66. The fourth-order valence-corrected chi connectivity index (χ4v) is 3.94. The number of pyridine rings is 1. The third-order valence-electron chi connectivity index (χ3n) is 5.11. The van der Waals surface area contributed by atoms with Crippen LogP contribution in [-0.2, 0) is 5.66 Å². The van der Waals surface area contributed by atoms with Gasteiger partial charge in [0.25, 0.3) is 11.5 Å². The highest BCUT2D eigenvalue weighted by atomic mass is 35.5. The number of alkyl halides is 1. The quantitative estimate of drug-likeness (QED) is 0.840. The summed E-state index contributed by atoms with van der Waals surface area (Å²) in [5, 5.41) is 5.94. The smallest absolute Gasteiger partial charge is 0.276 e. The van der Waals surface area contributed by atoms with Crippen LogP contribution in [0.4, 0.5) is 15.9 Å². The number of nitrogens with one attached hydrogen (secondary N) is 2. The molecule has 2 aromatic rings. The average Bonchev–Trinajstić information content (AvgIpc) is 2.90. The zero-order valence-corrected chi connectivity index (χ0v) is 14.8. The van der Waals surface area contributed by atoms with Gasteiger partial charge in [-0.3, -0.25) is 14.2 Å². The Balaban J connectivity index is 1.81. The van der Waals surface area contributed by atoms with Gasteiger partial charge in [0, 0.05) is 6.20 Å². The number of amides is 1. The third kappa shape index (κ3) is 2.65. The summed E-state index contributed by atoms with van der Waals surface area (Å²) in [4.78, 5) is 33.4. The normalized spacial score (nSPS) is 27.3. The minimum absolute atomic E-state index is 0.118. The minimum atomic E-state index is -1.30. The number of carbonyl (C=O) groups excluding carboxylic acids is 1. The van der Waals surface area contributed by atoms with Crippen molar-refractivity contribution in [2.24, 2.45) is 0 Å². The molecule has 7 nitrogen and oxygen atoms in total. The highest BCUT2D eigenvalue weighted by Crippen LogP contribution is 2.43. The van der Waals surface area contributed by atoms with Gasteiger partial charge in [-0.05, 0) is 44.7 Å². The number of hydrogen-bond acceptors (Lipinski definition) is 5. The molecule has 2 N–H and O–H groups in total. The van der Waals surface area contributed by atoms with Crippen LogP contribution in [-0.4, -0.2) is 26.1 Å². The van der Waals surface area contributed by atoms with Crippen molar-refractivity contribution in [1.82, 2.24) is 19.9 Å². The van der Waals surface area contributed by atoms with Gasteiger partial charge in [-0.2, -0.15) is 0 Å². The standard InChI is InChI=1S/C17H17ClFN5O2/c1-16(19)3-5-17(6-4-16)23-14(25)13-10(18)8-11(15(26)24(13)17)22-12-2-7-20-9-21-12/h2,7-9H,3-6H2,1H3,(H,23,25)(H,20,21,22). The predicted octanol–water partition coefficient (Wildman–Crippen LogP) is 2.73. The van der Waals surface area contributed by atoms with Gasteiger partial charge >= 0.3 is 0 Å². The number of anilines is 2. The molecule has 2 aliphatic rings. The Bertz CT molecular complexity index is 934. The first-order valence-electron chi connectivity index (χ1n) is 8.32. The van der Waals surface area contributed by atoms with Crippen molar-refractivity contribution < 1.29 is 9.18 Å². The number of carbonyl (C=O) groups is 1. The maximum Gasteiger partial charge on any atom is 0.276 e. The summed E-state index contributed by atoms with van der Waals surface area (Å²) < 4.78 is 15.7. The average molecular weight is 378 g/mol. The number of aromatic nitrogens is 3.